The molecule has 0 aromatic heterocycles. The maximum atomic E-state index is 12.9. The van der Waals surface area contributed by atoms with Crippen LogP contribution in [0.15, 0.2) is 35.5 Å². The number of rotatable bonds is 7. The third kappa shape index (κ3) is 5.37. The van der Waals surface area contributed by atoms with Gasteiger partial charge in [-0.15, -0.1) is 0 Å². The molecule has 1 aromatic rings. The Kier molecular flexibility index (Phi) is 7.29. The van der Waals surface area contributed by atoms with Crippen molar-refractivity contribution in [2.24, 2.45) is 0 Å². The van der Waals surface area contributed by atoms with E-state index in [0.717, 1.165) is 0 Å². The van der Waals surface area contributed by atoms with Crippen LogP contribution in [0.4, 0.5) is 4.39 Å². The first-order chi connectivity index (χ1) is 12.4. The molecule has 1 aliphatic rings. The van der Waals surface area contributed by atoms with E-state index in [2.05, 4.69) is 5.32 Å². The summed E-state index contributed by atoms with van der Waals surface area (Å²) in [7, 11) is 0. The molecule has 8 heteroatoms. The number of benzene rings is 1. The van der Waals surface area contributed by atoms with E-state index in [-0.39, 0.29) is 28.9 Å². The molecule has 0 aliphatic carbocycles. The predicted molar refractivity (Wildman–Crippen MR) is 99.1 cm³/mol. The summed E-state index contributed by atoms with van der Waals surface area (Å²) in [6, 6.07) is 5.47. The quantitative estimate of drug-likeness (QED) is 0.559. The highest BCUT2D eigenvalue weighted by molar-refractivity contribution is 6.58. The first kappa shape index (κ1) is 20.1. The molecule has 0 bridgehead atoms. The van der Waals surface area contributed by atoms with Crippen molar-refractivity contribution in [1.29, 1.82) is 5.41 Å². The Morgan fingerprint density at radius 1 is 1.23 bits per heavy atom. The van der Waals surface area contributed by atoms with Gasteiger partial charge in [0.2, 0.25) is 0 Å². The smallest absolute Gasteiger partial charge is 0.273 e. The minimum absolute atomic E-state index is 0.0748. The number of carbonyl (C=O) groups is 2. The number of halogens is 2. The number of ketones is 1. The van der Waals surface area contributed by atoms with Crippen LogP contribution in [-0.4, -0.2) is 66.5 Å². The summed E-state index contributed by atoms with van der Waals surface area (Å²) >= 11 is 5.95. The van der Waals surface area contributed by atoms with Crippen molar-refractivity contribution < 1.29 is 14.0 Å². The third-order valence-electron chi connectivity index (χ3n) is 4.08. The van der Waals surface area contributed by atoms with Gasteiger partial charge in [-0.3, -0.25) is 19.9 Å². The average Bonchev–Trinajstić information content (AvgIpc) is 2.66. The highest BCUT2D eigenvalue weighted by Gasteiger charge is 2.26. The van der Waals surface area contributed by atoms with E-state index in [0.29, 0.717) is 38.3 Å². The number of hydrogen-bond acceptors (Lipinski definition) is 5. The van der Waals surface area contributed by atoms with Gasteiger partial charge in [-0.2, -0.15) is 0 Å². The fraction of sp³-hybridized carbons (Fsp3) is 0.389. The predicted octanol–water partition coefficient (Wildman–Crippen LogP) is 1.86. The van der Waals surface area contributed by atoms with Crippen LogP contribution in [0.25, 0.3) is 0 Å². The molecule has 0 atom stereocenters. The number of carbonyl (C=O) groups excluding carboxylic acids is 2. The summed E-state index contributed by atoms with van der Waals surface area (Å²) in [6.45, 7) is 4.65. The zero-order valence-electron chi connectivity index (χ0n) is 14.6. The molecule has 2 N–H and O–H groups in total. The highest BCUT2D eigenvalue weighted by atomic mass is 35.5. The van der Waals surface area contributed by atoms with E-state index >= 15 is 0 Å². The van der Waals surface area contributed by atoms with Crippen molar-refractivity contribution in [3.05, 3.63) is 46.9 Å². The van der Waals surface area contributed by atoms with E-state index in [4.69, 9.17) is 17.0 Å². The average molecular weight is 381 g/mol. The minimum atomic E-state index is -0.423. The summed E-state index contributed by atoms with van der Waals surface area (Å²) in [5, 5.41) is 10.8. The zero-order chi connectivity index (χ0) is 19.1. The Balaban J connectivity index is 1.84. The van der Waals surface area contributed by atoms with Gasteiger partial charge in [-0.25, -0.2) is 4.39 Å². The van der Waals surface area contributed by atoms with Crippen LogP contribution in [-0.2, 0) is 4.79 Å². The normalized spacial score (nSPS) is 15.7. The lowest BCUT2D eigenvalue weighted by Crippen LogP contribution is -2.51. The molecular formula is C18H22ClFN4O2. The van der Waals surface area contributed by atoms with Gasteiger partial charge < -0.3 is 10.2 Å². The highest BCUT2D eigenvalue weighted by Crippen LogP contribution is 2.10. The molecule has 1 amide bonds. The van der Waals surface area contributed by atoms with Gasteiger partial charge in [0.25, 0.3) is 5.91 Å². The Hall–Kier alpha value is -2.25. The van der Waals surface area contributed by atoms with E-state index < -0.39 is 5.91 Å². The van der Waals surface area contributed by atoms with E-state index in [9.17, 15) is 14.0 Å². The lowest BCUT2D eigenvalue weighted by atomic mass is 10.1. The van der Waals surface area contributed by atoms with Crippen molar-refractivity contribution >= 4 is 29.0 Å². The van der Waals surface area contributed by atoms with Crippen molar-refractivity contribution in [2.45, 2.75) is 6.92 Å². The summed E-state index contributed by atoms with van der Waals surface area (Å²) in [5.74, 6) is -0.888. The van der Waals surface area contributed by atoms with Gasteiger partial charge in [-0.05, 0) is 31.2 Å². The molecule has 0 unspecified atom stereocenters. The van der Waals surface area contributed by atoms with Crippen LogP contribution < -0.4 is 5.32 Å². The standard InChI is InChI=1S/C18H22ClFN4O2/c1-2-22-11-15(19)17(21)18(26)24-9-7-23(8-10-24)12-16(25)13-3-5-14(20)6-4-13/h3-6,11,21-22H,2,7-10,12H2,1H3/b15-11+,21-17?. The molecule has 1 fully saturated rings. The summed E-state index contributed by atoms with van der Waals surface area (Å²) in [6.07, 6.45) is 1.44. The van der Waals surface area contributed by atoms with Crippen molar-refractivity contribution in [1.82, 2.24) is 15.1 Å². The Morgan fingerprint density at radius 2 is 1.85 bits per heavy atom. The fourth-order valence-electron chi connectivity index (χ4n) is 2.56. The van der Waals surface area contributed by atoms with Crippen LogP contribution in [0.2, 0.25) is 0 Å². The van der Waals surface area contributed by atoms with Gasteiger partial charge >= 0.3 is 0 Å². The second-order valence-corrected chi connectivity index (χ2v) is 6.33. The summed E-state index contributed by atoms with van der Waals surface area (Å²) < 4.78 is 12.9. The SMILES string of the molecule is CCN/C=C(/Cl)C(=N)C(=O)N1CCN(CC(=O)c2ccc(F)cc2)CC1. The lowest BCUT2D eigenvalue weighted by molar-refractivity contribution is -0.125. The topological polar surface area (TPSA) is 76.5 Å². The molecule has 2 rings (SSSR count). The van der Waals surface area contributed by atoms with Crippen LogP contribution in [0.5, 0.6) is 0 Å². The van der Waals surface area contributed by atoms with Gasteiger partial charge in [0.05, 0.1) is 11.6 Å². The molecule has 140 valence electrons. The third-order valence-corrected chi connectivity index (χ3v) is 4.38. The number of amides is 1. The molecule has 0 saturated carbocycles. The number of piperazine rings is 1. The molecule has 0 radical (unpaired) electrons. The number of Topliss-reactive ketones (excluding diaryl/α,β-unsaturated/α-hetero) is 1. The Labute approximate surface area is 157 Å². The lowest BCUT2D eigenvalue weighted by Gasteiger charge is -2.34. The van der Waals surface area contributed by atoms with E-state index in [1.807, 2.05) is 11.8 Å². The van der Waals surface area contributed by atoms with Crippen LogP contribution >= 0.6 is 11.6 Å². The first-order valence-electron chi connectivity index (χ1n) is 8.40. The summed E-state index contributed by atoms with van der Waals surface area (Å²) in [5.41, 5.74) is 0.218. The Morgan fingerprint density at radius 3 is 2.42 bits per heavy atom. The van der Waals surface area contributed by atoms with E-state index in [1.54, 1.807) is 4.90 Å². The molecule has 26 heavy (non-hydrogen) atoms. The van der Waals surface area contributed by atoms with Crippen LogP contribution in [0.3, 0.4) is 0 Å². The van der Waals surface area contributed by atoms with Gasteiger partial charge in [0.1, 0.15) is 11.5 Å². The zero-order valence-corrected chi connectivity index (χ0v) is 15.4. The molecule has 1 aromatic carbocycles. The summed E-state index contributed by atoms with van der Waals surface area (Å²) in [4.78, 5) is 28.0. The van der Waals surface area contributed by atoms with Gasteiger partial charge in [-0.1, -0.05) is 11.6 Å². The van der Waals surface area contributed by atoms with Gasteiger partial charge in [0.15, 0.2) is 5.78 Å². The number of nitrogens with one attached hydrogen (secondary N) is 2. The second kappa shape index (κ2) is 9.45. The molecule has 1 heterocycles. The van der Waals surface area contributed by atoms with Crippen molar-refractivity contribution in [2.75, 3.05) is 39.3 Å². The number of nitrogens with zero attached hydrogens (tertiary/aromatic N) is 2. The first-order valence-corrected chi connectivity index (χ1v) is 8.78. The molecule has 1 saturated heterocycles. The maximum Gasteiger partial charge on any atom is 0.273 e. The monoisotopic (exact) mass is 380 g/mol. The maximum absolute atomic E-state index is 12.9. The van der Waals surface area contributed by atoms with Crippen LogP contribution in [0, 0.1) is 11.2 Å². The molecule has 6 nitrogen and oxygen atoms in total. The Bertz CT molecular complexity index is 698. The van der Waals surface area contributed by atoms with Crippen LogP contribution in [0.1, 0.15) is 17.3 Å². The van der Waals surface area contributed by atoms with Crippen molar-refractivity contribution in [3.63, 3.8) is 0 Å². The fourth-order valence-corrected chi connectivity index (χ4v) is 2.72. The molecule has 1 aliphatic heterocycles. The largest absolute Gasteiger partial charge is 0.390 e. The van der Waals surface area contributed by atoms with Crippen molar-refractivity contribution in [3.8, 4) is 0 Å². The molecule has 0 spiro atoms. The van der Waals surface area contributed by atoms with E-state index in [1.165, 1.54) is 30.5 Å². The second-order valence-electron chi connectivity index (χ2n) is 5.92. The molecular weight excluding hydrogens is 359 g/mol. The minimum Gasteiger partial charge on any atom is -0.390 e. The van der Waals surface area contributed by atoms with Gasteiger partial charge in [0, 0.05) is 44.5 Å². The number of hydrogen-bond donors (Lipinski definition) is 2.